The van der Waals surface area contributed by atoms with Gasteiger partial charge in [-0.3, -0.25) is 4.79 Å². The number of carbonyl (C=O) groups is 1. The first-order chi connectivity index (χ1) is 10.1. The zero-order valence-electron chi connectivity index (χ0n) is 13.2. The van der Waals surface area contributed by atoms with Gasteiger partial charge >= 0.3 is 0 Å². The largest absolute Gasteiger partial charge is 0.371 e. The molecule has 3 unspecified atom stereocenters. The number of amides is 1. The molecule has 1 heterocycles. The van der Waals surface area contributed by atoms with Crippen LogP contribution in [0.3, 0.4) is 0 Å². The third-order valence-electron chi connectivity index (χ3n) is 4.01. The van der Waals surface area contributed by atoms with E-state index >= 15 is 0 Å². The van der Waals surface area contributed by atoms with Gasteiger partial charge in [-0.1, -0.05) is 36.8 Å². The van der Waals surface area contributed by atoms with Crippen LogP contribution in [0.15, 0.2) is 24.3 Å². The molecule has 1 aliphatic rings. The SMILES string of the molecule is CNCC(C)C(=O)NC1CCCOC1c1ccc(C)cc1. The number of hydrogen-bond acceptors (Lipinski definition) is 3. The molecule has 1 aromatic carbocycles. The van der Waals surface area contributed by atoms with Crippen LogP contribution in [0.25, 0.3) is 0 Å². The molecule has 116 valence electrons. The Balaban J connectivity index is 2.05. The average Bonchev–Trinajstić information content (AvgIpc) is 2.49. The minimum Gasteiger partial charge on any atom is -0.371 e. The van der Waals surface area contributed by atoms with Gasteiger partial charge in [0, 0.05) is 19.1 Å². The summed E-state index contributed by atoms with van der Waals surface area (Å²) in [6.45, 7) is 5.46. The normalized spacial score (nSPS) is 23.6. The quantitative estimate of drug-likeness (QED) is 0.874. The second kappa shape index (κ2) is 7.57. The van der Waals surface area contributed by atoms with E-state index < -0.39 is 0 Å². The van der Waals surface area contributed by atoms with Gasteiger partial charge < -0.3 is 15.4 Å². The molecule has 0 saturated carbocycles. The minimum absolute atomic E-state index is 0.0319. The van der Waals surface area contributed by atoms with Gasteiger partial charge in [-0.25, -0.2) is 0 Å². The van der Waals surface area contributed by atoms with E-state index in [1.54, 1.807) is 0 Å². The van der Waals surface area contributed by atoms with Crippen molar-refractivity contribution in [2.45, 2.75) is 38.8 Å². The van der Waals surface area contributed by atoms with Gasteiger partial charge in [-0.05, 0) is 32.4 Å². The lowest BCUT2D eigenvalue weighted by molar-refractivity contribution is -0.127. The molecular weight excluding hydrogens is 264 g/mol. The molecule has 4 nitrogen and oxygen atoms in total. The van der Waals surface area contributed by atoms with E-state index in [1.807, 2.05) is 14.0 Å². The van der Waals surface area contributed by atoms with Crippen LogP contribution in [0.2, 0.25) is 0 Å². The van der Waals surface area contributed by atoms with Gasteiger partial charge in [0.05, 0.1) is 6.04 Å². The summed E-state index contributed by atoms with van der Waals surface area (Å²) in [5.74, 6) is 0.0626. The van der Waals surface area contributed by atoms with Crippen molar-refractivity contribution in [2.75, 3.05) is 20.2 Å². The van der Waals surface area contributed by atoms with Crippen LogP contribution in [0.1, 0.15) is 37.0 Å². The number of nitrogens with one attached hydrogen (secondary N) is 2. The Morgan fingerprint density at radius 2 is 2.10 bits per heavy atom. The summed E-state index contributed by atoms with van der Waals surface area (Å²) in [6, 6.07) is 8.45. The van der Waals surface area contributed by atoms with E-state index in [2.05, 4.69) is 41.8 Å². The first kappa shape index (κ1) is 16.0. The predicted molar refractivity (Wildman–Crippen MR) is 84.1 cm³/mol. The van der Waals surface area contributed by atoms with Crippen molar-refractivity contribution in [3.8, 4) is 0 Å². The molecule has 1 aliphatic heterocycles. The summed E-state index contributed by atoms with van der Waals surface area (Å²) in [5.41, 5.74) is 2.38. The summed E-state index contributed by atoms with van der Waals surface area (Å²) in [5, 5.41) is 6.21. The number of aryl methyl sites for hydroxylation is 1. The lowest BCUT2D eigenvalue weighted by Crippen LogP contribution is -2.46. The summed E-state index contributed by atoms with van der Waals surface area (Å²) < 4.78 is 5.93. The zero-order chi connectivity index (χ0) is 15.2. The van der Waals surface area contributed by atoms with Crippen molar-refractivity contribution >= 4 is 5.91 Å². The van der Waals surface area contributed by atoms with Gasteiger partial charge in [0.2, 0.25) is 5.91 Å². The Labute approximate surface area is 127 Å². The van der Waals surface area contributed by atoms with E-state index in [9.17, 15) is 4.79 Å². The number of carbonyl (C=O) groups excluding carboxylic acids is 1. The molecular formula is C17H26N2O2. The van der Waals surface area contributed by atoms with Crippen LogP contribution in [0.5, 0.6) is 0 Å². The monoisotopic (exact) mass is 290 g/mol. The number of ether oxygens (including phenoxy) is 1. The van der Waals surface area contributed by atoms with Crippen LogP contribution in [-0.4, -0.2) is 32.1 Å². The second-order valence-corrected chi connectivity index (χ2v) is 5.92. The Morgan fingerprint density at radius 1 is 1.38 bits per heavy atom. The highest BCUT2D eigenvalue weighted by atomic mass is 16.5. The highest BCUT2D eigenvalue weighted by molar-refractivity contribution is 5.78. The van der Waals surface area contributed by atoms with Gasteiger partial charge in [0.15, 0.2) is 0 Å². The zero-order valence-corrected chi connectivity index (χ0v) is 13.2. The third-order valence-corrected chi connectivity index (χ3v) is 4.01. The molecule has 0 aliphatic carbocycles. The number of rotatable bonds is 5. The van der Waals surface area contributed by atoms with Crippen molar-refractivity contribution in [1.29, 1.82) is 0 Å². The molecule has 1 saturated heterocycles. The van der Waals surface area contributed by atoms with Crippen LogP contribution < -0.4 is 10.6 Å². The van der Waals surface area contributed by atoms with E-state index in [1.165, 1.54) is 5.56 Å². The number of benzene rings is 1. The van der Waals surface area contributed by atoms with Gasteiger partial charge in [0.25, 0.3) is 0 Å². The predicted octanol–water partition coefficient (Wildman–Crippen LogP) is 2.19. The highest BCUT2D eigenvalue weighted by Crippen LogP contribution is 2.28. The van der Waals surface area contributed by atoms with Crippen molar-refractivity contribution < 1.29 is 9.53 Å². The van der Waals surface area contributed by atoms with Crippen LogP contribution in [-0.2, 0) is 9.53 Å². The highest BCUT2D eigenvalue weighted by Gasteiger charge is 2.29. The van der Waals surface area contributed by atoms with Crippen LogP contribution in [0.4, 0.5) is 0 Å². The maximum Gasteiger partial charge on any atom is 0.224 e. The van der Waals surface area contributed by atoms with Crippen molar-refractivity contribution in [1.82, 2.24) is 10.6 Å². The van der Waals surface area contributed by atoms with E-state index in [4.69, 9.17) is 4.74 Å². The molecule has 1 aromatic rings. The fourth-order valence-electron chi connectivity index (χ4n) is 2.74. The molecule has 21 heavy (non-hydrogen) atoms. The average molecular weight is 290 g/mol. The Bertz CT molecular complexity index is 458. The van der Waals surface area contributed by atoms with Crippen LogP contribution in [0, 0.1) is 12.8 Å². The molecule has 1 amide bonds. The van der Waals surface area contributed by atoms with Gasteiger partial charge in [0.1, 0.15) is 6.10 Å². The third kappa shape index (κ3) is 4.29. The van der Waals surface area contributed by atoms with Crippen molar-refractivity contribution in [2.24, 2.45) is 5.92 Å². The minimum atomic E-state index is -0.0370. The Morgan fingerprint density at radius 3 is 2.76 bits per heavy atom. The first-order valence-electron chi connectivity index (χ1n) is 7.75. The first-order valence-corrected chi connectivity index (χ1v) is 7.75. The van der Waals surface area contributed by atoms with Crippen LogP contribution >= 0.6 is 0 Å². The molecule has 0 radical (unpaired) electrons. The molecule has 0 aromatic heterocycles. The van der Waals surface area contributed by atoms with Crippen molar-refractivity contribution in [3.63, 3.8) is 0 Å². The van der Waals surface area contributed by atoms with Crippen molar-refractivity contribution in [3.05, 3.63) is 35.4 Å². The maximum atomic E-state index is 12.2. The fraction of sp³-hybridized carbons (Fsp3) is 0.588. The van der Waals surface area contributed by atoms with Gasteiger partial charge in [-0.2, -0.15) is 0 Å². The van der Waals surface area contributed by atoms with E-state index in [-0.39, 0.29) is 24.0 Å². The topological polar surface area (TPSA) is 50.4 Å². The molecule has 0 bridgehead atoms. The molecule has 0 spiro atoms. The standard InChI is InChI=1S/C17H26N2O2/c1-12-6-8-14(9-7-12)16-15(5-4-10-21-16)19-17(20)13(2)11-18-3/h6-9,13,15-16,18H,4-5,10-11H2,1-3H3,(H,19,20). The number of hydrogen-bond donors (Lipinski definition) is 2. The Kier molecular flexibility index (Phi) is 5.76. The maximum absolute atomic E-state index is 12.2. The molecule has 4 heteroatoms. The fourth-order valence-corrected chi connectivity index (χ4v) is 2.74. The molecule has 3 atom stereocenters. The van der Waals surface area contributed by atoms with E-state index in [0.717, 1.165) is 25.0 Å². The van der Waals surface area contributed by atoms with Gasteiger partial charge in [-0.15, -0.1) is 0 Å². The molecule has 2 N–H and O–H groups in total. The molecule has 2 rings (SSSR count). The lowest BCUT2D eigenvalue weighted by atomic mass is 9.94. The summed E-state index contributed by atoms with van der Waals surface area (Å²) in [7, 11) is 1.86. The summed E-state index contributed by atoms with van der Waals surface area (Å²) in [4.78, 5) is 12.2. The molecule has 1 fully saturated rings. The summed E-state index contributed by atoms with van der Waals surface area (Å²) >= 11 is 0. The second-order valence-electron chi connectivity index (χ2n) is 5.92. The summed E-state index contributed by atoms with van der Waals surface area (Å²) in [6.07, 6.45) is 1.93. The van der Waals surface area contributed by atoms with E-state index in [0.29, 0.717) is 6.54 Å². The Hall–Kier alpha value is -1.39. The lowest BCUT2D eigenvalue weighted by Gasteiger charge is -2.33. The smallest absolute Gasteiger partial charge is 0.224 e.